The Morgan fingerprint density at radius 3 is 2.76 bits per heavy atom. The molecule has 6 heterocycles. The molecular formula is C28H26FN9. The normalized spacial score (nSPS) is 14.6. The Labute approximate surface area is 217 Å². The summed E-state index contributed by atoms with van der Waals surface area (Å²) in [7, 11) is 0. The molecule has 2 N–H and O–H groups in total. The first-order valence-corrected chi connectivity index (χ1v) is 12.8. The van der Waals surface area contributed by atoms with Crippen LogP contribution in [0.15, 0.2) is 55.4 Å². The minimum Gasteiger partial charge on any atom is -0.336 e. The van der Waals surface area contributed by atoms with Gasteiger partial charge in [0.2, 0.25) is 0 Å². The zero-order valence-corrected chi connectivity index (χ0v) is 20.9. The molecule has 0 aliphatic carbocycles. The Hall–Kier alpha value is -4.44. The van der Waals surface area contributed by atoms with Crippen molar-refractivity contribution >= 4 is 21.9 Å². The summed E-state index contributed by atoms with van der Waals surface area (Å²) >= 11 is 0. The van der Waals surface area contributed by atoms with Crippen LogP contribution in [0.3, 0.4) is 0 Å². The average Bonchev–Trinajstić information content (AvgIpc) is 3.67. The number of hydrogen-bond acceptors (Lipinski definition) is 6. The zero-order valence-electron chi connectivity index (χ0n) is 20.9. The van der Waals surface area contributed by atoms with Crippen LogP contribution in [0.4, 0.5) is 4.39 Å². The van der Waals surface area contributed by atoms with Crippen LogP contribution in [-0.2, 0) is 6.54 Å². The number of aromatic nitrogens is 8. The molecule has 1 aliphatic rings. The third-order valence-corrected chi connectivity index (χ3v) is 7.19. The maximum atomic E-state index is 16.2. The molecule has 0 amide bonds. The molecule has 0 radical (unpaired) electrons. The Morgan fingerprint density at radius 1 is 1.03 bits per heavy atom. The van der Waals surface area contributed by atoms with Gasteiger partial charge in [0.25, 0.3) is 0 Å². The van der Waals surface area contributed by atoms with Crippen LogP contribution in [0, 0.1) is 12.7 Å². The number of hydrogen-bond donors (Lipinski definition) is 2. The molecule has 9 nitrogen and oxygen atoms in total. The van der Waals surface area contributed by atoms with Crippen molar-refractivity contribution in [3.63, 3.8) is 0 Å². The Kier molecular flexibility index (Phi) is 5.47. The number of nitrogens with zero attached hydrogens (tertiary/aromatic N) is 7. The van der Waals surface area contributed by atoms with Crippen molar-refractivity contribution in [3.8, 4) is 28.5 Å². The van der Waals surface area contributed by atoms with Crippen molar-refractivity contribution in [3.05, 3.63) is 72.5 Å². The van der Waals surface area contributed by atoms with Crippen LogP contribution in [0.25, 0.3) is 50.4 Å². The van der Waals surface area contributed by atoms with Crippen LogP contribution in [0.2, 0.25) is 0 Å². The first-order valence-electron chi connectivity index (χ1n) is 12.8. The molecule has 1 saturated heterocycles. The Morgan fingerprint density at radius 2 is 1.92 bits per heavy atom. The molecule has 5 aromatic heterocycles. The van der Waals surface area contributed by atoms with Crippen LogP contribution in [0.5, 0.6) is 0 Å². The largest absolute Gasteiger partial charge is 0.336 e. The quantitative estimate of drug-likeness (QED) is 0.333. The average molecular weight is 508 g/mol. The van der Waals surface area contributed by atoms with Gasteiger partial charge in [-0.3, -0.25) is 19.5 Å². The SMILES string of the molecule is Cc1cn(-c2nccc3[nH]c(-c4n[nH]c5ccc(-c6cncc(CN7CCCCC7)c6)c(F)c45)nc23)cn1. The number of halogens is 1. The summed E-state index contributed by atoms with van der Waals surface area (Å²) in [5.74, 6) is 0.751. The maximum Gasteiger partial charge on any atom is 0.166 e. The summed E-state index contributed by atoms with van der Waals surface area (Å²) in [5, 5.41) is 7.78. The van der Waals surface area contributed by atoms with Crippen molar-refractivity contribution in [2.24, 2.45) is 0 Å². The van der Waals surface area contributed by atoms with Gasteiger partial charge in [-0.1, -0.05) is 6.42 Å². The van der Waals surface area contributed by atoms with E-state index in [1.807, 2.05) is 42.1 Å². The van der Waals surface area contributed by atoms with Gasteiger partial charge < -0.3 is 4.98 Å². The van der Waals surface area contributed by atoms with Gasteiger partial charge in [0.1, 0.15) is 23.4 Å². The van der Waals surface area contributed by atoms with Gasteiger partial charge in [-0.2, -0.15) is 5.10 Å². The maximum absolute atomic E-state index is 16.2. The number of rotatable bonds is 5. The summed E-state index contributed by atoms with van der Waals surface area (Å²) in [6.07, 6.45) is 12.6. The molecular weight excluding hydrogens is 481 g/mol. The number of H-pyrrole nitrogens is 2. The Balaban J connectivity index is 1.29. The van der Waals surface area contributed by atoms with E-state index >= 15 is 4.39 Å². The van der Waals surface area contributed by atoms with Gasteiger partial charge >= 0.3 is 0 Å². The highest BCUT2D eigenvalue weighted by Gasteiger charge is 2.21. The first kappa shape index (κ1) is 22.7. The molecule has 7 rings (SSSR count). The highest BCUT2D eigenvalue weighted by molar-refractivity contribution is 5.97. The summed E-state index contributed by atoms with van der Waals surface area (Å²) in [6, 6.07) is 7.52. The lowest BCUT2D eigenvalue weighted by atomic mass is 10.0. The molecule has 38 heavy (non-hydrogen) atoms. The summed E-state index contributed by atoms with van der Waals surface area (Å²) in [4.78, 5) is 23.7. The zero-order chi connectivity index (χ0) is 25.6. The van der Waals surface area contributed by atoms with Crippen molar-refractivity contribution < 1.29 is 4.39 Å². The summed E-state index contributed by atoms with van der Waals surface area (Å²) in [6.45, 7) is 4.94. The van der Waals surface area contributed by atoms with Crippen LogP contribution >= 0.6 is 0 Å². The molecule has 0 atom stereocenters. The Bertz CT molecular complexity index is 1770. The van der Waals surface area contributed by atoms with Gasteiger partial charge in [0.15, 0.2) is 11.6 Å². The third kappa shape index (κ3) is 3.93. The fraction of sp³-hybridized carbons (Fsp3) is 0.250. The van der Waals surface area contributed by atoms with E-state index in [4.69, 9.17) is 4.98 Å². The number of pyridine rings is 2. The van der Waals surface area contributed by atoms with Crippen LogP contribution in [0.1, 0.15) is 30.5 Å². The molecule has 0 unspecified atom stereocenters. The van der Waals surface area contributed by atoms with E-state index in [0.29, 0.717) is 39.3 Å². The lowest BCUT2D eigenvalue weighted by molar-refractivity contribution is 0.220. The van der Waals surface area contributed by atoms with Crippen LogP contribution < -0.4 is 0 Å². The second-order valence-electron chi connectivity index (χ2n) is 9.88. The second kappa shape index (κ2) is 9.14. The molecule has 6 aromatic rings. The molecule has 1 fully saturated rings. The standard InChI is InChI=1S/C28H26FN9/c1-17-14-38(16-32-17)28-25-22(7-8-31-28)33-27(34-25)26-23-21(35-36-26)6-5-20(24(23)29)19-11-18(12-30-13-19)15-37-9-3-2-4-10-37/h5-8,11-14,16H,2-4,9-10,15H2,1H3,(H,33,34)(H,35,36). The first-order chi connectivity index (χ1) is 18.6. The number of nitrogens with one attached hydrogen (secondary N) is 2. The molecule has 1 aromatic carbocycles. The van der Waals surface area contributed by atoms with Gasteiger partial charge in [0, 0.05) is 42.5 Å². The number of likely N-dealkylation sites (tertiary alicyclic amines) is 1. The van der Waals surface area contributed by atoms with E-state index in [1.54, 1.807) is 24.8 Å². The summed E-state index contributed by atoms with van der Waals surface area (Å²) in [5.41, 5.74) is 5.65. The van der Waals surface area contributed by atoms with E-state index in [2.05, 4.69) is 35.0 Å². The van der Waals surface area contributed by atoms with E-state index < -0.39 is 0 Å². The molecule has 0 spiro atoms. The molecule has 0 saturated carbocycles. The van der Waals surface area contributed by atoms with Crippen molar-refractivity contribution in [2.75, 3.05) is 13.1 Å². The number of benzene rings is 1. The van der Waals surface area contributed by atoms with Crippen LogP contribution in [-0.4, -0.2) is 57.7 Å². The third-order valence-electron chi connectivity index (χ3n) is 7.19. The van der Waals surface area contributed by atoms with Crippen molar-refractivity contribution in [1.29, 1.82) is 0 Å². The van der Waals surface area contributed by atoms with Gasteiger partial charge in [-0.25, -0.2) is 19.3 Å². The summed E-state index contributed by atoms with van der Waals surface area (Å²) < 4.78 is 18.0. The predicted molar refractivity (Wildman–Crippen MR) is 143 cm³/mol. The van der Waals surface area contributed by atoms with E-state index in [1.165, 1.54) is 19.3 Å². The van der Waals surface area contributed by atoms with Gasteiger partial charge in [0.05, 0.1) is 22.1 Å². The van der Waals surface area contributed by atoms with E-state index in [9.17, 15) is 0 Å². The number of aryl methyl sites for hydroxylation is 1. The topological polar surface area (TPSA) is 104 Å². The predicted octanol–water partition coefficient (Wildman–Crippen LogP) is 5.18. The highest BCUT2D eigenvalue weighted by atomic mass is 19.1. The van der Waals surface area contributed by atoms with Crippen molar-refractivity contribution in [2.45, 2.75) is 32.7 Å². The van der Waals surface area contributed by atoms with Gasteiger partial charge in [-0.05, 0) is 62.7 Å². The fourth-order valence-corrected chi connectivity index (χ4v) is 5.32. The molecule has 0 bridgehead atoms. The fourth-order valence-electron chi connectivity index (χ4n) is 5.32. The molecule has 1 aliphatic heterocycles. The highest BCUT2D eigenvalue weighted by Crippen LogP contribution is 2.34. The lowest BCUT2D eigenvalue weighted by Crippen LogP contribution is -2.29. The number of aromatic amines is 2. The minimum absolute atomic E-state index is 0.354. The minimum atomic E-state index is -0.354. The monoisotopic (exact) mass is 507 g/mol. The van der Waals surface area contributed by atoms with E-state index in [0.717, 1.165) is 42.0 Å². The number of piperidine rings is 1. The molecule has 10 heteroatoms. The second-order valence-corrected chi connectivity index (χ2v) is 9.88. The smallest absolute Gasteiger partial charge is 0.166 e. The van der Waals surface area contributed by atoms with Gasteiger partial charge in [-0.15, -0.1) is 0 Å². The van der Waals surface area contributed by atoms with Crippen molar-refractivity contribution in [1.82, 2.24) is 44.6 Å². The number of fused-ring (bicyclic) bond motifs is 2. The molecule has 190 valence electrons. The number of imidazole rings is 2. The van der Waals surface area contributed by atoms with E-state index in [-0.39, 0.29) is 5.82 Å². The lowest BCUT2D eigenvalue weighted by Gasteiger charge is -2.26.